The van der Waals surface area contributed by atoms with Crippen molar-refractivity contribution >= 4 is 30.7 Å². The van der Waals surface area contributed by atoms with Crippen LogP contribution in [0.15, 0.2) is 34.7 Å². The van der Waals surface area contributed by atoms with E-state index in [1.165, 1.54) is 18.4 Å². The van der Waals surface area contributed by atoms with Crippen molar-refractivity contribution in [2.45, 2.75) is 70.0 Å². The maximum absolute atomic E-state index is 13.1. The highest BCUT2D eigenvalue weighted by Gasteiger charge is 2.38. The fraction of sp³-hybridized carbons (Fsp3) is 0.600. The molecule has 0 bridgehead atoms. The summed E-state index contributed by atoms with van der Waals surface area (Å²) in [6.45, 7) is 3.14. The number of aryl methyl sites for hydroxylation is 2. The molecule has 0 spiro atoms. The quantitative estimate of drug-likeness (QED) is 0.604. The average Bonchev–Trinajstić information content (AvgIpc) is 3.40. The Morgan fingerprint density at radius 1 is 1.06 bits per heavy atom. The van der Waals surface area contributed by atoms with Gasteiger partial charge in [0.2, 0.25) is 5.91 Å². The molecular weight excluding hydrogens is 459 g/mol. The fourth-order valence-corrected chi connectivity index (χ4v) is 5.18. The molecule has 1 amide bonds. The minimum absolute atomic E-state index is 0. The lowest BCUT2D eigenvalue weighted by Crippen LogP contribution is -2.44. The Morgan fingerprint density at radius 3 is 2.55 bits per heavy atom. The summed E-state index contributed by atoms with van der Waals surface area (Å²) in [6.07, 6.45) is 7.97. The zero-order chi connectivity index (χ0) is 21.2. The lowest BCUT2D eigenvalue weighted by Gasteiger charge is -2.32. The van der Waals surface area contributed by atoms with Gasteiger partial charge in [-0.05, 0) is 43.6 Å². The molecule has 0 unspecified atom stereocenters. The molecule has 2 N–H and O–H groups in total. The molecule has 3 aliphatic rings. The van der Waals surface area contributed by atoms with Crippen LogP contribution in [0.4, 0.5) is 0 Å². The number of rotatable bonds is 8. The third kappa shape index (κ3) is 6.30. The molecule has 2 fully saturated rings. The first-order chi connectivity index (χ1) is 15.2. The van der Waals surface area contributed by atoms with Crippen LogP contribution < -0.4 is 5.73 Å². The molecule has 182 valence electrons. The van der Waals surface area contributed by atoms with E-state index < -0.39 is 0 Å². The van der Waals surface area contributed by atoms with Crippen molar-refractivity contribution in [3.05, 3.63) is 53.2 Å². The smallest absolute Gasteiger partial charge is 0.224 e. The maximum Gasteiger partial charge on any atom is 0.224 e. The number of nitrogens with two attached hydrogens (primary N) is 1. The molecule has 1 aliphatic carbocycles. The minimum atomic E-state index is 0. The average molecular weight is 495 g/mol. The highest BCUT2D eigenvalue weighted by atomic mass is 35.5. The first-order valence-electron chi connectivity index (χ1n) is 11.9. The fourth-order valence-electron chi connectivity index (χ4n) is 5.18. The summed E-state index contributed by atoms with van der Waals surface area (Å²) >= 11 is 0. The van der Waals surface area contributed by atoms with Crippen molar-refractivity contribution in [3.63, 3.8) is 0 Å². The van der Waals surface area contributed by atoms with Crippen LogP contribution >= 0.6 is 24.8 Å². The van der Waals surface area contributed by atoms with Gasteiger partial charge in [0, 0.05) is 51.0 Å². The minimum Gasteiger partial charge on any atom is -0.445 e. The van der Waals surface area contributed by atoms with Gasteiger partial charge in [-0.25, -0.2) is 4.98 Å². The molecule has 2 aliphatic heterocycles. The van der Waals surface area contributed by atoms with E-state index in [-0.39, 0.29) is 30.7 Å². The Balaban J connectivity index is 0.00000153. The largest absolute Gasteiger partial charge is 0.445 e. The molecule has 0 radical (unpaired) electrons. The van der Waals surface area contributed by atoms with Crippen molar-refractivity contribution in [2.75, 3.05) is 19.6 Å². The van der Waals surface area contributed by atoms with E-state index >= 15 is 0 Å². The van der Waals surface area contributed by atoms with E-state index in [0.29, 0.717) is 31.6 Å². The number of hydrogen-bond donors (Lipinski definition) is 1. The van der Waals surface area contributed by atoms with Crippen molar-refractivity contribution in [1.82, 2.24) is 14.8 Å². The molecule has 1 saturated heterocycles. The normalized spacial score (nSPS) is 22.4. The number of nitrogens with zero attached hydrogens (tertiary/aromatic N) is 3. The molecule has 3 heterocycles. The Kier molecular flexibility index (Phi) is 9.22. The SMILES string of the molecule is Cl.Cl.NC[C@H]1CC[C@@H](CC(=O)N2CCc3oc(CCc4ccccc4)nc3C2)N1CC1CC1. The van der Waals surface area contributed by atoms with E-state index in [1.54, 1.807) is 0 Å². The molecule has 1 saturated carbocycles. The zero-order valence-electron chi connectivity index (χ0n) is 19.2. The van der Waals surface area contributed by atoms with Gasteiger partial charge in [0.05, 0.1) is 6.54 Å². The molecule has 2 atom stereocenters. The summed E-state index contributed by atoms with van der Waals surface area (Å²) in [4.78, 5) is 22.4. The van der Waals surface area contributed by atoms with E-state index in [1.807, 2.05) is 11.0 Å². The van der Waals surface area contributed by atoms with Gasteiger partial charge in [0.15, 0.2) is 5.89 Å². The van der Waals surface area contributed by atoms with Gasteiger partial charge in [0.25, 0.3) is 0 Å². The van der Waals surface area contributed by atoms with Crippen molar-refractivity contribution in [1.29, 1.82) is 0 Å². The predicted octanol–water partition coefficient (Wildman–Crippen LogP) is 3.78. The van der Waals surface area contributed by atoms with Gasteiger partial charge in [-0.1, -0.05) is 30.3 Å². The van der Waals surface area contributed by atoms with Crippen LogP contribution in [0, 0.1) is 5.92 Å². The topological polar surface area (TPSA) is 75.6 Å². The number of carbonyl (C=O) groups excluding carboxylic acids is 1. The van der Waals surface area contributed by atoms with Crippen LogP contribution in [-0.2, 0) is 30.6 Å². The van der Waals surface area contributed by atoms with Gasteiger partial charge in [-0.15, -0.1) is 24.8 Å². The highest BCUT2D eigenvalue weighted by molar-refractivity contribution is 5.85. The molecule has 8 heteroatoms. The second-order valence-electron chi connectivity index (χ2n) is 9.49. The van der Waals surface area contributed by atoms with Crippen molar-refractivity contribution < 1.29 is 9.21 Å². The molecule has 6 nitrogen and oxygen atoms in total. The number of amides is 1. The summed E-state index contributed by atoms with van der Waals surface area (Å²) in [5.41, 5.74) is 8.26. The summed E-state index contributed by atoms with van der Waals surface area (Å²) in [5.74, 6) is 2.83. The van der Waals surface area contributed by atoms with Gasteiger partial charge in [-0.3, -0.25) is 9.69 Å². The van der Waals surface area contributed by atoms with Crippen molar-refractivity contribution in [2.24, 2.45) is 11.7 Å². The van der Waals surface area contributed by atoms with E-state index in [2.05, 4.69) is 29.2 Å². The Hall–Kier alpha value is -1.60. The van der Waals surface area contributed by atoms with E-state index in [4.69, 9.17) is 15.1 Å². The summed E-state index contributed by atoms with van der Waals surface area (Å²) in [7, 11) is 0. The Morgan fingerprint density at radius 2 is 1.82 bits per heavy atom. The lowest BCUT2D eigenvalue weighted by molar-refractivity contribution is -0.133. The van der Waals surface area contributed by atoms with Gasteiger partial charge < -0.3 is 15.1 Å². The summed E-state index contributed by atoms with van der Waals surface area (Å²) in [6, 6.07) is 11.2. The van der Waals surface area contributed by atoms with Gasteiger partial charge >= 0.3 is 0 Å². The summed E-state index contributed by atoms with van der Waals surface area (Å²) in [5, 5.41) is 0. The standard InChI is InChI=1S/C25H34N4O2.2ClH/c26-15-21-10-9-20(29(21)16-19-6-7-19)14-25(30)28-13-12-23-22(17-28)27-24(31-23)11-8-18-4-2-1-3-5-18;;/h1-5,19-21H,6-17,26H2;2*1H/t20-,21+;;/m0../s1. The molecular formula is C25H36Cl2N4O2. The maximum atomic E-state index is 13.1. The van der Waals surface area contributed by atoms with Crippen LogP contribution in [0.2, 0.25) is 0 Å². The first kappa shape index (κ1) is 26.0. The molecule has 1 aromatic carbocycles. The number of hydrogen-bond acceptors (Lipinski definition) is 5. The number of carbonyl (C=O) groups is 1. The van der Waals surface area contributed by atoms with Gasteiger partial charge in [-0.2, -0.15) is 0 Å². The predicted molar refractivity (Wildman–Crippen MR) is 134 cm³/mol. The van der Waals surface area contributed by atoms with Crippen LogP contribution in [0.3, 0.4) is 0 Å². The number of aromatic nitrogens is 1. The molecule has 33 heavy (non-hydrogen) atoms. The first-order valence-corrected chi connectivity index (χ1v) is 11.9. The van der Waals surface area contributed by atoms with E-state index in [9.17, 15) is 4.79 Å². The number of benzene rings is 1. The third-order valence-corrected chi connectivity index (χ3v) is 7.21. The zero-order valence-corrected chi connectivity index (χ0v) is 20.8. The Bertz CT molecular complexity index is 903. The summed E-state index contributed by atoms with van der Waals surface area (Å²) < 4.78 is 6.01. The molecule has 2 aromatic rings. The van der Waals surface area contributed by atoms with E-state index in [0.717, 1.165) is 68.5 Å². The monoisotopic (exact) mass is 494 g/mol. The molecule has 1 aromatic heterocycles. The third-order valence-electron chi connectivity index (χ3n) is 7.21. The second kappa shape index (κ2) is 11.7. The lowest BCUT2D eigenvalue weighted by atomic mass is 10.1. The number of likely N-dealkylation sites (tertiary alicyclic amines) is 1. The number of oxazole rings is 1. The van der Waals surface area contributed by atoms with Crippen LogP contribution in [0.5, 0.6) is 0 Å². The number of halogens is 2. The van der Waals surface area contributed by atoms with Crippen molar-refractivity contribution in [3.8, 4) is 0 Å². The second-order valence-corrected chi connectivity index (χ2v) is 9.49. The van der Waals surface area contributed by atoms with Crippen LogP contribution in [0.1, 0.15) is 55.0 Å². The van der Waals surface area contributed by atoms with Gasteiger partial charge in [0.1, 0.15) is 11.5 Å². The Labute approximate surface area is 209 Å². The number of fused-ring (bicyclic) bond motifs is 1. The van der Waals surface area contributed by atoms with Crippen LogP contribution in [-0.4, -0.2) is 52.4 Å². The molecule has 5 rings (SSSR count). The van der Waals surface area contributed by atoms with Crippen LogP contribution in [0.25, 0.3) is 0 Å². The highest BCUT2D eigenvalue weighted by Crippen LogP contribution is 2.35.